The van der Waals surface area contributed by atoms with Crippen molar-refractivity contribution in [3.05, 3.63) is 101 Å². The van der Waals surface area contributed by atoms with Crippen LogP contribution in [0.3, 0.4) is 0 Å². The van der Waals surface area contributed by atoms with E-state index in [0.717, 1.165) is 5.56 Å². The van der Waals surface area contributed by atoms with Crippen LogP contribution < -0.4 is 10.6 Å². The van der Waals surface area contributed by atoms with Gasteiger partial charge in [0.15, 0.2) is 0 Å². The predicted octanol–water partition coefficient (Wildman–Crippen LogP) is 4.88. The number of hydrogen-bond acceptors (Lipinski definition) is 2. The maximum absolute atomic E-state index is 13.4. The second-order valence-electron chi connectivity index (χ2n) is 6.60. The fourth-order valence-corrected chi connectivity index (χ4v) is 2.83. The van der Waals surface area contributed by atoms with Gasteiger partial charge >= 0.3 is 0 Å². The molecule has 0 radical (unpaired) electrons. The molecule has 142 valence electrons. The van der Waals surface area contributed by atoms with Gasteiger partial charge in [0, 0.05) is 16.8 Å². The van der Waals surface area contributed by atoms with Crippen LogP contribution in [-0.4, -0.2) is 11.8 Å². The summed E-state index contributed by atoms with van der Waals surface area (Å²) in [4.78, 5) is 24.7. The molecular formula is C23H21FN2O2. The normalized spacial score (nSPS) is 11.5. The molecule has 0 heterocycles. The average molecular weight is 376 g/mol. The number of rotatable bonds is 5. The van der Waals surface area contributed by atoms with Crippen molar-refractivity contribution in [1.29, 1.82) is 0 Å². The zero-order valence-corrected chi connectivity index (χ0v) is 15.7. The van der Waals surface area contributed by atoms with Gasteiger partial charge in [0.25, 0.3) is 11.8 Å². The van der Waals surface area contributed by atoms with Gasteiger partial charge in [-0.05, 0) is 67.4 Å². The van der Waals surface area contributed by atoms with Crippen LogP contribution in [0.4, 0.5) is 10.1 Å². The molecule has 0 aliphatic carbocycles. The molecule has 0 spiro atoms. The molecule has 4 nitrogen and oxygen atoms in total. The van der Waals surface area contributed by atoms with E-state index < -0.39 is 0 Å². The number of amides is 2. The van der Waals surface area contributed by atoms with E-state index in [2.05, 4.69) is 10.6 Å². The van der Waals surface area contributed by atoms with E-state index in [1.807, 2.05) is 31.2 Å². The Kier molecular flexibility index (Phi) is 5.84. The minimum absolute atomic E-state index is 0.198. The van der Waals surface area contributed by atoms with Crippen LogP contribution in [0.2, 0.25) is 0 Å². The number of hydrogen-bond donors (Lipinski definition) is 2. The van der Waals surface area contributed by atoms with E-state index >= 15 is 0 Å². The number of nitrogens with one attached hydrogen (secondary N) is 2. The molecule has 5 heteroatoms. The number of anilines is 1. The third kappa shape index (κ3) is 4.62. The first-order valence-electron chi connectivity index (χ1n) is 8.97. The van der Waals surface area contributed by atoms with Gasteiger partial charge in [-0.3, -0.25) is 9.59 Å². The Balaban J connectivity index is 1.69. The topological polar surface area (TPSA) is 58.2 Å². The number of aryl methyl sites for hydroxylation is 1. The summed E-state index contributed by atoms with van der Waals surface area (Å²) in [5, 5.41) is 5.76. The minimum atomic E-state index is -0.341. The van der Waals surface area contributed by atoms with Crippen LogP contribution in [0, 0.1) is 12.7 Å². The second kappa shape index (κ2) is 8.48. The highest BCUT2D eigenvalue weighted by Gasteiger charge is 2.13. The Bertz CT molecular complexity index is 1000. The lowest BCUT2D eigenvalue weighted by molar-refractivity contribution is 0.0938. The zero-order chi connectivity index (χ0) is 20.1. The molecule has 2 amide bonds. The van der Waals surface area contributed by atoms with Crippen molar-refractivity contribution in [3.8, 4) is 0 Å². The number of benzene rings is 3. The fourth-order valence-electron chi connectivity index (χ4n) is 2.83. The maximum atomic E-state index is 13.4. The molecule has 0 saturated heterocycles. The van der Waals surface area contributed by atoms with Gasteiger partial charge in [0.2, 0.25) is 0 Å². The molecule has 28 heavy (non-hydrogen) atoms. The number of carbonyl (C=O) groups excluding carboxylic acids is 2. The van der Waals surface area contributed by atoms with Crippen LogP contribution in [0.5, 0.6) is 0 Å². The first-order chi connectivity index (χ1) is 13.4. The summed E-state index contributed by atoms with van der Waals surface area (Å²) in [6.07, 6.45) is 0. The second-order valence-corrected chi connectivity index (χ2v) is 6.60. The van der Waals surface area contributed by atoms with Gasteiger partial charge in [-0.1, -0.05) is 30.3 Å². The lowest BCUT2D eigenvalue weighted by atomic mass is 10.1. The molecule has 2 N–H and O–H groups in total. The van der Waals surface area contributed by atoms with Crippen molar-refractivity contribution in [1.82, 2.24) is 5.32 Å². The summed E-state index contributed by atoms with van der Waals surface area (Å²) in [6, 6.07) is 20.2. The summed E-state index contributed by atoms with van der Waals surface area (Å²) in [7, 11) is 0. The Morgan fingerprint density at radius 2 is 1.61 bits per heavy atom. The summed E-state index contributed by atoms with van der Waals surface area (Å²) in [5.41, 5.74) is 2.88. The lowest BCUT2D eigenvalue weighted by Gasteiger charge is -2.16. The average Bonchev–Trinajstić information content (AvgIpc) is 2.70. The molecule has 0 fully saturated rings. The predicted molar refractivity (Wildman–Crippen MR) is 108 cm³/mol. The van der Waals surface area contributed by atoms with Crippen LogP contribution in [0.15, 0.2) is 72.8 Å². The van der Waals surface area contributed by atoms with Crippen molar-refractivity contribution in [2.75, 3.05) is 5.32 Å². The summed E-state index contributed by atoms with van der Waals surface area (Å²) in [6.45, 7) is 3.47. The van der Waals surface area contributed by atoms with Crippen LogP contribution in [-0.2, 0) is 0 Å². The number of carbonyl (C=O) groups is 2. The van der Waals surface area contributed by atoms with E-state index in [0.29, 0.717) is 22.4 Å². The summed E-state index contributed by atoms with van der Waals surface area (Å²) < 4.78 is 13.4. The van der Waals surface area contributed by atoms with E-state index in [4.69, 9.17) is 0 Å². The maximum Gasteiger partial charge on any atom is 0.255 e. The van der Waals surface area contributed by atoms with E-state index in [-0.39, 0.29) is 23.7 Å². The third-order valence-electron chi connectivity index (χ3n) is 4.45. The highest BCUT2D eigenvalue weighted by Crippen LogP contribution is 2.19. The lowest BCUT2D eigenvalue weighted by Crippen LogP contribution is -2.26. The van der Waals surface area contributed by atoms with E-state index in [9.17, 15) is 14.0 Å². The van der Waals surface area contributed by atoms with Crippen molar-refractivity contribution >= 4 is 17.5 Å². The monoisotopic (exact) mass is 376 g/mol. The molecular weight excluding hydrogens is 355 g/mol. The van der Waals surface area contributed by atoms with E-state index in [1.165, 1.54) is 18.2 Å². The molecule has 3 aromatic rings. The van der Waals surface area contributed by atoms with Gasteiger partial charge in [0.05, 0.1) is 6.04 Å². The van der Waals surface area contributed by atoms with Gasteiger partial charge in [-0.15, -0.1) is 0 Å². The van der Waals surface area contributed by atoms with Crippen molar-refractivity contribution < 1.29 is 14.0 Å². The highest BCUT2D eigenvalue weighted by atomic mass is 19.1. The number of halogens is 1. The van der Waals surface area contributed by atoms with Gasteiger partial charge in [-0.25, -0.2) is 4.39 Å². The van der Waals surface area contributed by atoms with Crippen molar-refractivity contribution in [2.45, 2.75) is 19.9 Å². The van der Waals surface area contributed by atoms with E-state index in [1.54, 1.807) is 37.3 Å². The molecule has 1 atom stereocenters. The Morgan fingerprint density at radius 1 is 0.857 bits per heavy atom. The quantitative estimate of drug-likeness (QED) is 0.667. The molecule has 1 unspecified atom stereocenters. The summed E-state index contributed by atoms with van der Waals surface area (Å²) >= 11 is 0. The molecule has 3 aromatic carbocycles. The van der Waals surface area contributed by atoms with Crippen molar-refractivity contribution in [3.63, 3.8) is 0 Å². The van der Waals surface area contributed by atoms with Crippen LogP contribution >= 0.6 is 0 Å². The van der Waals surface area contributed by atoms with Crippen molar-refractivity contribution in [2.24, 2.45) is 0 Å². The largest absolute Gasteiger partial charge is 0.346 e. The SMILES string of the molecule is Cc1cc(C(=O)NC(C)c2cccc(NC(=O)c3ccccc3)c2)ccc1F. The minimum Gasteiger partial charge on any atom is -0.346 e. The molecule has 0 aliphatic rings. The third-order valence-corrected chi connectivity index (χ3v) is 4.45. The summed E-state index contributed by atoms with van der Waals surface area (Å²) in [5.74, 6) is -0.822. The molecule has 0 aromatic heterocycles. The molecule has 3 rings (SSSR count). The first-order valence-corrected chi connectivity index (χ1v) is 8.97. The van der Waals surface area contributed by atoms with Crippen LogP contribution in [0.1, 0.15) is 44.8 Å². The smallest absolute Gasteiger partial charge is 0.255 e. The zero-order valence-electron chi connectivity index (χ0n) is 15.7. The van der Waals surface area contributed by atoms with Crippen LogP contribution in [0.25, 0.3) is 0 Å². The molecule has 0 saturated carbocycles. The van der Waals surface area contributed by atoms with Gasteiger partial charge < -0.3 is 10.6 Å². The first kappa shape index (κ1) is 19.3. The Hall–Kier alpha value is -3.47. The Labute approximate surface area is 163 Å². The standard InChI is InChI=1S/C23H21FN2O2/c1-15-13-19(11-12-21(15)24)23(28)25-16(2)18-9-6-10-20(14-18)26-22(27)17-7-4-3-5-8-17/h3-14,16H,1-2H3,(H,25,28)(H,26,27). The Morgan fingerprint density at radius 3 is 2.32 bits per heavy atom. The highest BCUT2D eigenvalue weighted by molar-refractivity contribution is 6.04. The molecule has 0 bridgehead atoms. The van der Waals surface area contributed by atoms with Gasteiger partial charge in [0.1, 0.15) is 5.82 Å². The molecule has 0 aliphatic heterocycles. The van der Waals surface area contributed by atoms with Gasteiger partial charge in [-0.2, -0.15) is 0 Å². The fraction of sp³-hybridized carbons (Fsp3) is 0.130.